The van der Waals surface area contributed by atoms with Crippen LogP contribution in [0, 0.1) is 6.92 Å². The molecule has 1 aromatic heterocycles. The molecule has 0 amide bonds. The zero-order valence-electron chi connectivity index (χ0n) is 9.66. The van der Waals surface area contributed by atoms with Crippen molar-refractivity contribution in [3.8, 4) is 0 Å². The molecule has 0 fully saturated rings. The third kappa shape index (κ3) is 9.17. The molecule has 0 unspecified atom stereocenters. The zero-order chi connectivity index (χ0) is 10.6. The van der Waals surface area contributed by atoms with Crippen LogP contribution < -0.4 is 0 Å². The van der Waals surface area contributed by atoms with Gasteiger partial charge in [-0.1, -0.05) is 46.0 Å². The fourth-order valence-electron chi connectivity index (χ4n) is 1.03. The molecular weight excluding hydrogens is 172 g/mol. The first-order valence-corrected chi connectivity index (χ1v) is 5.54. The largest absolute Gasteiger partial charge is 0.159 e. The Labute approximate surface area is 87.8 Å². The Morgan fingerprint density at radius 3 is 1.93 bits per heavy atom. The summed E-state index contributed by atoms with van der Waals surface area (Å²) in [6.45, 7) is 6.47. The maximum Gasteiger partial charge on any atom is 0.0525 e. The second kappa shape index (κ2) is 10.2. The summed E-state index contributed by atoms with van der Waals surface area (Å²) < 4.78 is 0. The van der Waals surface area contributed by atoms with Crippen LogP contribution in [0.4, 0.5) is 0 Å². The standard InChI is InChI=1S/C7H16.C5H6N2/c1-3-5-7-6-4-2;1-5-2-3-6-7-4-5/h3-7H2,1-2H3;2-4H,1H3. The molecule has 2 heteroatoms. The number of nitrogens with zero attached hydrogens (tertiary/aromatic N) is 2. The number of aromatic nitrogens is 2. The summed E-state index contributed by atoms with van der Waals surface area (Å²) in [5.41, 5.74) is 1.15. The SMILES string of the molecule is CCCCCCC.Cc1ccnnc1. The molecule has 0 aromatic carbocycles. The van der Waals surface area contributed by atoms with Gasteiger partial charge in [0.05, 0.1) is 6.20 Å². The third-order valence-corrected chi connectivity index (χ3v) is 1.94. The van der Waals surface area contributed by atoms with Crippen molar-refractivity contribution in [2.45, 2.75) is 52.9 Å². The van der Waals surface area contributed by atoms with Crippen LogP contribution in [0.1, 0.15) is 51.5 Å². The molecule has 1 aromatic rings. The molecule has 0 aliphatic rings. The molecule has 0 bridgehead atoms. The highest BCUT2D eigenvalue weighted by atomic mass is 15.1. The van der Waals surface area contributed by atoms with Gasteiger partial charge in [-0.15, -0.1) is 0 Å². The van der Waals surface area contributed by atoms with E-state index in [1.165, 1.54) is 32.1 Å². The van der Waals surface area contributed by atoms with Crippen molar-refractivity contribution >= 4 is 0 Å². The second-order valence-corrected chi connectivity index (χ2v) is 3.48. The molecule has 0 saturated carbocycles. The molecule has 0 spiro atoms. The van der Waals surface area contributed by atoms with Gasteiger partial charge in [-0.2, -0.15) is 10.2 Å². The zero-order valence-corrected chi connectivity index (χ0v) is 9.66. The fourth-order valence-corrected chi connectivity index (χ4v) is 1.03. The summed E-state index contributed by atoms with van der Waals surface area (Å²) in [7, 11) is 0. The van der Waals surface area contributed by atoms with E-state index in [-0.39, 0.29) is 0 Å². The quantitative estimate of drug-likeness (QED) is 0.682. The maximum absolute atomic E-state index is 3.63. The third-order valence-electron chi connectivity index (χ3n) is 1.94. The van der Waals surface area contributed by atoms with Crippen LogP contribution in [-0.4, -0.2) is 10.2 Å². The van der Waals surface area contributed by atoms with Gasteiger partial charge in [0.25, 0.3) is 0 Å². The highest BCUT2D eigenvalue weighted by Crippen LogP contribution is 2.00. The molecule has 0 saturated heterocycles. The molecule has 14 heavy (non-hydrogen) atoms. The van der Waals surface area contributed by atoms with Crippen LogP contribution >= 0.6 is 0 Å². The number of unbranched alkanes of at least 4 members (excludes halogenated alkanes) is 4. The predicted molar refractivity (Wildman–Crippen MR) is 61.2 cm³/mol. The minimum absolute atomic E-state index is 1.15. The topological polar surface area (TPSA) is 25.8 Å². The Morgan fingerprint density at radius 1 is 1.00 bits per heavy atom. The van der Waals surface area contributed by atoms with Gasteiger partial charge in [0, 0.05) is 6.20 Å². The highest BCUT2D eigenvalue weighted by molar-refractivity contribution is 5.00. The lowest BCUT2D eigenvalue weighted by molar-refractivity contribution is 0.656. The van der Waals surface area contributed by atoms with E-state index < -0.39 is 0 Å². The number of hydrogen-bond donors (Lipinski definition) is 0. The number of rotatable bonds is 4. The summed E-state index contributed by atoms with van der Waals surface area (Å²) in [5, 5.41) is 7.23. The summed E-state index contributed by atoms with van der Waals surface area (Å²) in [6, 6.07) is 1.91. The van der Waals surface area contributed by atoms with Gasteiger partial charge in [-0.25, -0.2) is 0 Å². The molecule has 0 aliphatic carbocycles. The molecule has 0 radical (unpaired) electrons. The molecule has 0 atom stereocenters. The van der Waals surface area contributed by atoms with Gasteiger partial charge < -0.3 is 0 Å². The van der Waals surface area contributed by atoms with Crippen LogP contribution in [0.3, 0.4) is 0 Å². The van der Waals surface area contributed by atoms with Gasteiger partial charge >= 0.3 is 0 Å². The summed E-state index contributed by atoms with van der Waals surface area (Å²) in [5.74, 6) is 0. The average molecular weight is 194 g/mol. The van der Waals surface area contributed by atoms with Gasteiger partial charge in [0.1, 0.15) is 0 Å². The smallest absolute Gasteiger partial charge is 0.0525 e. The summed E-state index contributed by atoms with van der Waals surface area (Å²) >= 11 is 0. The maximum atomic E-state index is 3.63. The van der Waals surface area contributed by atoms with Gasteiger partial charge in [0.2, 0.25) is 0 Å². The lowest BCUT2D eigenvalue weighted by atomic mass is 10.2. The lowest BCUT2D eigenvalue weighted by Crippen LogP contribution is -1.76. The number of aryl methyl sites for hydroxylation is 1. The second-order valence-electron chi connectivity index (χ2n) is 3.48. The molecule has 0 N–H and O–H groups in total. The van der Waals surface area contributed by atoms with Crippen molar-refractivity contribution in [3.05, 3.63) is 24.0 Å². The van der Waals surface area contributed by atoms with Crippen molar-refractivity contribution in [2.24, 2.45) is 0 Å². The van der Waals surface area contributed by atoms with Crippen LogP contribution in [0.5, 0.6) is 0 Å². The van der Waals surface area contributed by atoms with Crippen molar-refractivity contribution < 1.29 is 0 Å². The van der Waals surface area contributed by atoms with Crippen molar-refractivity contribution in [3.63, 3.8) is 0 Å². The van der Waals surface area contributed by atoms with Crippen molar-refractivity contribution in [1.29, 1.82) is 0 Å². The van der Waals surface area contributed by atoms with E-state index in [1.807, 2.05) is 13.0 Å². The Bertz CT molecular complexity index is 193. The monoisotopic (exact) mass is 194 g/mol. The Balaban J connectivity index is 0.000000241. The normalized spacial score (nSPS) is 9.07. The van der Waals surface area contributed by atoms with E-state index in [0.717, 1.165) is 5.56 Å². The van der Waals surface area contributed by atoms with Gasteiger partial charge in [-0.3, -0.25) is 0 Å². The Kier molecular flexibility index (Phi) is 9.49. The van der Waals surface area contributed by atoms with E-state index >= 15 is 0 Å². The first kappa shape index (κ1) is 13.1. The van der Waals surface area contributed by atoms with Crippen LogP contribution in [-0.2, 0) is 0 Å². The molecular formula is C12H22N2. The highest BCUT2D eigenvalue weighted by Gasteiger charge is 1.80. The molecule has 2 nitrogen and oxygen atoms in total. The van der Waals surface area contributed by atoms with Gasteiger partial charge in [-0.05, 0) is 18.6 Å². The molecule has 1 rings (SSSR count). The first-order valence-electron chi connectivity index (χ1n) is 5.54. The minimum atomic E-state index is 1.15. The van der Waals surface area contributed by atoms with Gasteiger partial charge in [0.15, 0.2) is 0 Å². The predicted octanol–water partition coefficient (Wildman–Crippen LogP) is 3.76. The van der Waals surface area contributed by atoms with Crippen molar-refractivity contribution in [1.82, 2.24) is 10.2 Å². The van der Waals surface area contributed by atoms with E-state index in [1.54, 1.807) is 12.4 Å². The summed E-state index contributed by atoms with van der Waals surface area (Å²) in [6.07, 6.45) is 10.4. The Morgan fingerprint density at radius 2 is 1.64 bits per heavy atom. The van der Waals surface area contributed by atoms with E-state index in [0.29, 0.717) is 0 Å². The molecule has 0 aliphatic heterocycles. The lowest BCUT2D eigenvalue weighted by Gasteiger charge is -1.90. The van der Waals surface area contributed by atoms with Crippen molar-refractivity contribution in [2.75, 3.05) is 0 Å². The minimum Gasteiger partial charge on any atom is -0.159 e. The molecule has 80 valence electrons. The van der Waals surface area contributed by atoms with E-state index in [2.05, 4.69) is 24.0 Å². The van der Waals surface area contributed by atoms with Crippen LogP contribution in [0.25, 0.3) is 0 Å². The fraction of sp³-hybridized carbons (Fsp3) is 0.667. The van der Waals surface area contributed by atoms with Crippen LogP contribution in [0.2, 0.25) is 0 Å². The molecule has 1 heterocycles. The van der Waals surface area contributed by atoms with E-state index in [4.69, 9.17) is 0 Å². The average Bonchev–Trinajstić information content (AvgIpc) is 2.21. The first-order chi connectivity index (χ1) is 6.81. The Hall–Kier alpha value is -0.920. The summed E-state index contributed by atoms with van der Waals surface area (Å²) in [4.78, 5) is 0. The number of hydrogen-bond acceptors (Lipinski definition) is 2. The van der Waals surface area contributed by atoms with Crippen LogP contribution in [0.15, 0.2) is 18.5 Å². The van der Waals surface area contributed by atoms with E-state index in [9.17, 15) is 0 Å².